The summed E-state index contributed by atoms with van der Waals surface area (Å²) in [6.07, 6.45) is 47.5. The van der Waals surface area contributed by atoms with E-state index in [2.05, 4.69) is 49.6 Å². The van der Waals surface area contributed by atoms with Crippen LogP contribution in [-0.4, -0.2) is 4.98 Å². The molecule has 41 heavy (non-hydrogen) atoms. The fourth-order valence-electron chi connectivity index (χ4n) is 6.69. The SMILES string of the molecule is CCCCCCCCCCCCCCCCC(C)c1[nH]cc[n+]1C(C)CCCCCCCCCCCCCCCC. The molecule has 2 unspecified atom stereocenters. The van der Waals surface area contributed by atoms with E-state index >= 15 is 0 Å². The number of aromatic nitrogens is 2. The lowest BCUT2D eigenvalue weighted by atomic mass is 9.99. The molecule has 1 rings (SSSR count). The van der Waals surface area contributed by atoms with Crippen molar-refractivity contribution in [1.82, 2.24) is 4.98 Å². The molecule has 1 N–H and O–H groups in total. The molecule has 2 heteroatoms. The molecule has 0 saturated heterocycles. The van der Waals surface area contributed by atoms with Gasteiger partial charge in [0.1, 0.15) is 12.4 Å². The molecule has 2 nitrogen and oxygen atoms in total. The molecule has 0 aromatic carbocycles. The van der Waals surface area contributed by atoms with E-state index in [-0.39, 0.29) is 0 Å². The molecule has 1 aromatic rings. The van der Waals surface area contributed by atoms with Crippen LogP contribution in [0.25, 0.3) is 0 Å². The van der Waals surface area contributed by atoms with Crippen molar-refractivity contribution in [1.29, 1.82) is 0 Å². The summed E-state index contributed by atoms with van der Waals surface area (Å²) < 4.78 is 2.55. The number of hydrogen-bond acceptors (Lipinski definition) is 0. The Hall–Kier alpha value is -0.790. The van der Waals surface area contributed by atoms with Crippen LogP contribution in [0.4, 0.5) is 0 Å². The van der Waals surface area contributed by atoms with Crippen LogP contribution in [-0.2, 0) is 0 Å². The number of nitrogens with zero attached hydrogens (tertiary/aromatic N) is 1. The highest BCUT2D eigenvalue weighted by Crippen LogP contribution is 2.21. The van der Waals surface area contributed by atoms with Gasteiger partial charge in [-0.25, -0.2) is 9.55 Å². The topological polar surface area (TPSA) is 19.7 Å². The van der Waals surface area contributed by atoms with Gasteiger partial charge in [-0.2, -0.15) is 0 Å². The molecule has 0 aliphatic carbocycles. The lowest BCUT2D eigenvalue weighted by molar-refractivity contribution is -0.727. The van der Waals surface area contributed by atoms with Gasteiger partial charge in [-0.05, 0) is 26.2 Å². The maximum atomic E-state index is 3.60. The smallest absolute Gasteiger partial charge is 0.247 e. The predicted octanol–water partition coefficient (Wildman–Crippen LogP) is 13.7. The second kappa shape index (κ2) is 29.3. The monoisotopic (exact) mass is 574 g/mol. The standard InChI is InChI=1S/C39H76N2/c1-5-7-9-11-13-15-17-19-21-23-25-27-29-31-33-37(3)39-40-35-36-41(39)38(4)34-32-30-28-26-24-22-20-18-16-14-12-10-8-6-2/h35-38H,5-34H2,1-4H3/p+1. The van der Waals surface area contributed by atoms with Gasteiger partial charge >= 0.3 is 0 Å². The van der Waals surface area contributed by atoms with Crippen molar-refractivity contribution < 1.29 is 4.57 Å². The highest BCUT2D eigenvalue weighted by Gasteiger charge is 2.22. The van der Waals surface area contributed by atoms with Crippen LogP contribution in [0, 0.1) is 0 Å². The summed E-state index contributed by atoms with van der Waals surface area (Å²) in [5.74, 6) is 2.10. The van der Waals surface area contributed by atoms with Crippen LogP contribution in [0.5, 0.6) is 0 Å². The fraction of sp³-hybridized carbons (Fsp3) is 0.923. The van der Waals surface area contributed by atoms with E-state index < -0.39 is 0 Å². The molecular weight excluding hydrogens is 496 g/mol. The Morgan fingerprint density at radius 2 is 0.780 bits per heavy atom. The van der Waals surface area contributed by atoms with Crippen LogP contribution in [0.3, 0.4) is 0 Å². The van der Waals surface area contributed by atoms with Crippen molar-refractivity contribution in [2.24, 2.45) is 0 Å². The van der Waals surface area contributed by atoms with E-state index in [1.54, 1.807) is 0 Å². The van der Waals surface area contributed by atoms with Gasteiger partial charge in [0.25, 0.3) is 5.82 Å². The van der Waals surface area contributed by atoms with E-state index in [9.17, 15) is 0 Å². The number of H-pyrrole nitrogens is 1. The summed E-state index contributed by atoms with van der Waals surface area (Å²) in [6, 6.07) is 0.618. The minimum absolute atomic E-state index is 0.618. The van der Waals surface area contributed by atoms with Gasteiger partial charge in [-0.3, -0.25) is 0 Å². The molecule has 1 aromatic heterocycles. The average molecular weight is 574 g/mol. The Morgan fingerprint density at radius 1 is 0.463 bits per heavy atom. The highest BCUT2D eigenvalue weighted by atomic mass is 15.1. The number of nitrogens with one attached hydrogen (secondary N) is 1. The summed E-state index contributed by atoms with van der Waals surface area (Å²) in [7, 11) is 0. The summed E-state index contributed by atoms with van der Waals surface area (Å²) in [5, 5.41) is 0. The van der Waals surface area contributed by atoms with Gasteiger partial charge in [0.2, 0.25) is 0 Å². The third-order valence-electron chi connectivity index (χ3n) is 9.65. The molecule has 0 aliphatic heterocycles. The van der Waals surface area contributed by atoms with Gasteiger partial charge in [-0.15, -0.1) is 0 Å². The molecule has 0 fully saturated rings. The first kappa shape index (κ1) is 38.2. The molecule has 0 aliphatic rings. The number of rotatable bonds is 32. The molecular formula is C39H77N2+. The molecule has 1 heterocycles. The number of imidazole rings is 1. The van der Waals surface area contributed by atoms with E-state index in [0.717, 1.165) is 0 Å². The molecule has 0 saturated carbocycles. The highest BCUT2D eigenvalue weighted by molar-refractivity contribution is 4.87. The predicted molar refractivity (Wildman–Crippen MR) is 184 cm³/mol. The Bertz CT molecular complexity index is 583. The lowest BCUT2D eigenvalue weighted by Crippen LogP contribution is -2.40. The van der Waals surface area contributed by atoms with Crippen molar-refractivity contribution in [3.63, 3.8) is 0 Å². The molecule has 0 bridgehead atoms. The van der Waals surface area contributed by atoms with Crippen LogP contribution in [0.15, 0.2) is 12.4 Å². The summed E-state index contributed by atoms with van der Waals surface area (Å²) in [4.78, 5) is 3.60. The third kappa shape index (κ3) is 22.4. The zero-order valence-electron chi connectivity index (χ0n) is 29.0. The summed E-state index contributed by atoms with van der Waals surface area (Å²) in [6.45, 7) is 9.48. The average Bonchev–Trinajstić information content (AvgIpc) is 3.48. The van der Waals surface area contributed by atoms with E-state index in [1.807, 2.05) is 0 Å². The summed E-state index contributed by atoms with van der Waals surface area (Å²) in [5.41, 5.74) is 0. The van der Waals surface area contributed by atoms with Crippen LogP contribution in [0.2, 0.25) is 0 Å². The van der Waals surface area contributed by atoms with Gasteiger partial charge < -0.3 is 0 Å². The minimum atomic E-state index is 0.618. The van der Waals surface area contributed by atoms with Crippen molar-refractivity contribution >= 4 is 0 Å². The third-order valence-corrected chi connectivity index (χ3v) is 9.65. The maximum absolute atomic E-state index is 3.60. The van der Waals surface area contributed by atoms with Gasteiger partial charge in [-0.1, -0.05) is 194 Å². The first-order valence-corrected chi connectivity index (χ1v) is 19.3. The van der Waals surface area contributed by atoms with Crippen molar-refractivity contribution in [3.05, 3.63) is 18.2 Å². The van der Waals surface area contributed by atoms with Crippen molar-refractivity contribution in [3.8, 4) is 0 Å². The Morgan fingerprint density at radius 3 is 1.15 bits per heavy atom. The first-order chi connectivity index (χ1) is 20.2. The lowest BCUT2D eigenvalue weighted by Gasteiger charge is -2.14. The Kier molecular flexibility index (Phi) is 27.3. The fourth-order valence-corrected chi connectivity index (χ4v) is 6.69. The number of unbranched alkanes of at least 4 members (excludes halogenated alkanes) is 26. The van der Waals surface area contributed by atoms with E-state index in [1.165, 1.54) is 198 Å². The van der Waals surface area contributed by atoms with E-state index in [4.69, 9.17) is 0 Å². The molecule has 0 spiro atoms. The Labute approximate surface area is 259 Å². The second-order valence-corrected chi connectivity index (χ2v) is 13.8. The van der Waals surface area contributed by atoms with Gasteiger partial charge in [0.15, 0.2) is 0 Å². The van der Waals surface area contributed by atoms with E-state index in [0.29, 0.717) is 12.0 Å². The number of aromatic amines is 1. The molecule has 0 radical (unpaired) electrons. The van der Waals surface area contributed by atoms with Crippen LogP contribution in [0.1, 0.15) is 238 Å². The second-order valence-electron chi connectivity index (χ2n) is 13.8. The Balaban J connectivity index is 1.98. The zero-order valence-corrected chi connectivity index (χ0v) is 29.0. The largest absolute Gasteiger partial charge is 0.257 e. The van der Waals surface area contributed by atoms with Gasteiger partial charge in [0.05, 0.1) is 12.0 Å². The first-order valence-electron chi connectivity index (χ1n) is 19.3. The normalized spacial score (nSPS) is 13.2. The quantitative estimate of drug-likeness (QED) is 0.0653. The molecule has 0 amide bonds. The summed E-state index contributed by atoms with van der Waals surface area (Å²) >= 11 is 0. The van der Waals surface area contributed by atoms with Crippen molar-refractivity contribution in [2.75, 3.05) is 0 Å². The van der Waals surface area contributed by atoms with Gasteiger partial charge in [0, 0.05) is 0 Å². The van der Waals surface area contributed by atoms with Crippen molar-refractivity contribution in [2.45, 2.75) is 232 Å². The zero-order chi connectivity index (χ0) is 29.6. The maximum Gasteiger partial charge on any atom is 0.257 e. The van der Waals surface area contributed by atoms with Crippen LogP contribution < -0.4 is 4.57 Å². The minimum Gasteiger partial charge on any atom is -0.247 e. The molecule has 242 valence electrons. The number of hydrogen-bond donors (Lipinski definition) is 1. The van der Waals surface area contributed by atoms with Crippen LogP contribution >= 0.6 is 0 Å². The molecule has 2 atom stereocenters.